The Morgan fingerprint density at radius 3 is 1.98 bits per heavy atom. The molecule has 0 unspecified atom stereocenters. The minimum Gasteiger partial charge on any atom is -0.347 e. The highest BCUT2D eigenvalue weighted by Gasteiger charge is 2.31. The SMILES string of the molecule is CC(C)c1ncc(C#CCCCC(=O)NCC(=O)NCC(=O)N[C@H](C(=O)N[C@@H](C)C(=O)C(C)(C)C)C(C)C)cn1. The molecule has 1 aromatic rings. The van der Waals surface area contributed by atoms with Gasteiger partial charge < -0.3 is 21.3 Å². The summed E-state index contributed by atoms with van der Waals surface area (Å²) >= 11 is 0. The lowest BCUT2D eigenvalue weighted by molar-refractivity contribution is -0.134. The van der Waals surface area contributed by atoms with Crippen molar-refractivity contribution in [1.29, 1.82) is 0 Å². The Kier molecular flexibility index (Phi) is 14.0. The smallest absolute Gasteiger partial charge is 0.243 e. The lowest BCUT2D eigenvalue weighted by Gasteiger charge is -2.26. The van der Waals surface area contributed by atoms with Crippen molar-refractivity contribution in [3.8, 4) is 11.8 Å². The summed E-state index contributed by atoms with van der Waals surface area (Å²) in [4.78, 5) is 70.0. The summed E-state index contributed by atoms with van der Waals surface area (Å²) in [6, 6.07) is -1.59. The standard InChI is InChI=1S/C29H44N6O5/c1-18(2)25(28(40)34-20(5)26(39)29(6,7)8)35-24(38)17-31-23(37)16-30-22(36)13-11-9-10-12-21-14-32-27(19(3)4)33-15-21/h14-15,18-20,25H,9,11,13,16-17H2,1-8H3,(H,30,36)(H,31,37)(H,34,40)(H,35,38)/t20-,25-/m0/s1. The monoisotopic (exact) mass is 556 g/mol. The van der Waals surface area contributed by atoms with E-state index in [1.807, 2.05) is 13.8 Å². The van der Waals surface area contributed by atoms with Crippen LogP contribution in [0.5, 0.6) is 0 Å². The van der Waals surface area contributed by atoms with Gasteiger partial charge in [0.15, 0.2) is 5.78 Å². The van der Waals surface area contributed by atoms with Crippen molar-refractivity contribution in [2.45, 2.75) is 92.7 Å². The average Bonchev–Trinajstić information content (AvgIpc) is 2.88. The van der Waals surface area contributed by atoms with Gasteiger partial charge in [0.25, 0.3) is 0 Å². The summed E-state index contributed by atoms with van der Waals surface area (Å²) in [5.41, 5.74) is 0.0907. The van der Waals surface area contributed by atoms with E-state index < -0.39 is 35.2 Å². The van der Waals surface area contributed by atoms with Gasteiger partial charge in [-0.3, -0.25) is 24.0 Å². The molecule has 11 heteroatoms. The molecule has 0 bridgehead atoms. The fourth-order valence-electron chi connectivity index (χ4n) is 3.49. The Morgan fingerprint density at radius 2 is 1.43 bits per heavy atom. The molecule has 220 valence electrons. The summed E-state index contributed by atoms with van der Waals surface area (Å²) < 4.78 is 0. The number of carbonyl (C=O) groups is 5. The van der Waals surface area contributed by atoms with E-state index in [4.69, 9.17) is 0 Å². The molecule has 4 amide bonds. The van der Waals surface area contributed by atoms with Crippen molar-refractivity contribution in [3.05, 3.63) is 23.8 Å². The first-order valence-electron chi connectivity index (χ1n) is 13.6. The first kappa shape index (κ1) is 34.2. The predicted molar refractivity (Wildman–Crippen MR) is 152 cm³/mol. The molecule has 0 radical (unpaired) electrons. The molecule has 0 aliphatic heterocycles. The molecule has 40 heavy (non-hydrogen) atoms. The second kappa shape index (κ2) is 16.3. The number of Topliss-reactive ketones (excluding diaryl/α,β-unsaturated/α-hetero) is 1. The summed E-state index contributed by atoms with van der Waals surface area (Å²) in [5, 5.41) is 10.2. The minimum absolute atomic E-state index is 0.126. The second-order valence-corrected chi connectivity index (χ2v) is 11.3. The molecule has 0 saturated heterocycles. The Labute approximate surface area is 237 Å². The molecule has 0 saturated carbocycles. The fourth-order valence-corrected chi connectivity index (χ4v) is 3.49. The van der Waals surface area contributed by atoms with Crippen LogP contribution < -0.4 is 21.3 Å². The minimum atomic E-state index is -0.880. The van der Waals surface area contributed by atoms with Gasteiger partial charge >= 0.3 is 0 Å². The number of rotatable bonds is 13. The van der Waals surface area contributed by atoms with E-state index in [-0.39, 0.29) is 43.0 Å². The van der Waals surface area contributed by atoms with E-state index in [2.05, 4.69) is 43.1 Å². The van der Waals surface area contributed by atoms with Crippen LogP contribution in [0.2, 0.25) is 0 Å². The van der Waals surface area contributed by atoms with Gasteiger partial charge in [-0.15, -0.1) is 0 Å². The molecule has 0 spiro atoms. The molecule has 2 atom stereocenters. The van der Waals surface area contributed by atoms with Gasteiger partial charge in [-0.25, -0.2) is 9.97 Å². The summed E-state index contributed by atoms with van der Waals surface area (Å²) in [6.45, 7) is 13.8. The van der Waals surface area contributed by atoms with Gasteiger partial charge in [0.1, 0.15) is 11.9 Å². The Morgan fingerprint density at radius 1 is 0.850 bits per heavy atom. The largest absolute Gasteiger partial charge is 0.347 e. The van der Waals surface area contributed by atoms with Gasteiger partial charge in [0.2, 0.25) is 23.6 Å². The van der Waals surface area contributed by atoms with E-state index in [0.717, 1.165) is 5.82 Å². The zero-order chi connectivity index (χ0) is 30.5. The Bertz CT molecular complexity index is 1100. The molecule has 1 aromatic heterocycles. The van der Waals surface area contributed by atoms with Crippen LogP contribution in [0.3, 0.4) is 0 Å². The average molecular weight is 557 g/mol. The van der Waals surface area contributed by atoms with Crippen LogP contribution in [-0.4, -0.2) is 64.6 Å². The molecule has 1 heterocycles. The summed E-state index contributed by atoms with van der Waals surface area (Å²) in [6.07, 6.45) is 4.57. The van der Waals surface area contributed by atoms with Gasteiger partial charge in [-0.1, -0.05) is 60.3 Å². The molecule has 0 fully saturated rings. The van der Waals surface area contributed by atoms with Crippen LogP contribution in [-0.2, 0) is 24.0 Å². The first-order chi connectivity index (χ1) is 18.6. The third kappa shape index (κ3) is 12.8. The third-order valence-corrected chi connectivity index (χ3v) is 5.78. The van der Waals surface area contributed by atoms with Crippen molar-refractivity contribution >= 4 is 29.4 Å². The van der Waals surface area contributed by atoms with Crippen LogP contribution in [0.4, 0.5) is 0 Å². The first-order valence-corrected chi connectivity index (χ1v) is 13.6. The number of hydrogen-bond acceptors (Lipinski definition) is 7. The summed E-state index contributed by atoms with van der Waals surface area (Å²) in [7, 11) is 0. The zero-order valence-corrected chi connectivity index (χ0v) is 24.9. The third-order valence-electron chi connectivity index (χ3n) is 5.78. The number of carbonyl (C=O) groups excluding carboxylic acids is 5. The van der Waals surface area contributed by atoms with Crippen molar-refractivity contribution < 1.29 is 24.0 Å². The van der Waals surface area contributed by atoms with Crippen molar-refractivity contribution in [2.24, 2.45) is 11.3 Å². The highest BCUT2D eigenvalue weighted by molar-refractivity contribution is 5.95. The maximum absolute atomic E-state index is 12.7. The highest BCUT2D eigenvalue weighted by atomic mass is 16.2. The molecule has 0 aliphatic rings. The van der Waals surface area contributed by atoms with Gasteiger partial charge in [-0.05, 0) is 19.3 Å². The lowest BCUT2D eigenvalue weighted by atomic mass is 9.87. The molecule has 11 nitrogen and oxygen atoms in total. The number of nitrogens with zero attached hydrogens (tertiary/aromatic N) is 2. The Balaban J connectivity index is 2.36. The molecule has 0 aromatic carbocycles. The number of ketones is 1. The van der Waals surface area contributed by atoms with Crippen LogP contribution in [0, 0.1) is 23.2 Å². The van der Waals surface area contributed by atoms with Crippen LogP contribution in [0.1, 0.15) is 92.0 Å². The highest BCUT2D eigenvalue weighted by Crippen LogP contribution is 2.17. The van der Waals surface area contributed by atoms with E-state index in [9.17, 15) is 24.0 Å². The molecule has 0 aliphatic carbocycles. The van der Waals surface area contributed by atoms with Gasteiger partial charge in [0.05, 0.1) is 24.7 Å². The van der Waals surface area contributed by atoms with E-state index in [1.54, 1.807) is 53.9 Å². The second-order valence-electron chi connectivity index (χ2n) is 11.3. The number of unbranched alkanes of at least 4 members (excludes halogenated alkanes) is 1. The quantitative estimate of drug-likeness (QED) is 0.212. The maximum Gasteiger partial charge on any atom is 0.243 e. The fraction of sp³-hybridized carbons (Fsp3) is 0.621. The number of nitrogens with one attached hydrogen (secondary N) is 4. The summed E-state index contributed by atoms with van der Waals surface area (Å²) in [5.74, 6) is 4.68. The Hall–Kier alpha value is -3.81. The van der Waals surface area contributed by atoms with Gasteiger partial charge in [0, 0.05) is 36.6 Å². The van der Waals surface area contributed by atoms with Crippen molar-refractivity contribution in [3.63, 3.8) is 0 Å². The van der Waals surface area contributed by atoms with E-state index in [1.165, 1.54) is 0 Å². The normalized spacial score (nSPS) is 12.6. The van der Waals surface area contributed by atoms with Crippen molar-refractivity contribution in [2.75, 3.05) is 13.1 Å². The topological polar surface area (TPSA) is 159 Å². The number of amides is 4. The molecule has 1 rings (SSSR count). The number of hydrogen-bond donors (Lipinski definition) is 4. The zero-order valence-electron chi connectivity index (χ0n) is 24.9. The predicted octanol–water partition coefficient (Wildman–Crippen LogP) is 1.61. The molecular formula is C29H44N6O5. The van der Waals surface area contributed by atoms with E-state index >= 15 is 0 Å². The molecular weight excluding hydrogens is 512 g/mol. The van der Waals surface area contributed by atoms with Gasteiger partial charge in [-0.2, -0.15) is 0 Å². The van der Waals surface area contributed by atoms with Crippen molar-refractivity contribution in [1.82, 2.24) is 31.2 Å². The number of aromatic nitrogens is 2. The van der Waals surface area contributed by atoms with Crippen LogP contribution in [0.25, 0.3) is 0 Å². The van der Waals surface area contributed by atoms with E-state index in [0.29, 0.717) is 18.4 Å². The molecule has 4 N–H and O–H groups in total. The maximum atomic E-state index is 12.7. The van der Waals surface area contributed by atoms with Crippen LogP contribution >= 0.6 is 0 Å². The lowest BCUT2D eigenvalue weighted by Crippen LogP contribution is -2.55. The van der Waals surface area contributed by atoms with Crippen LogP contribution in [0.15, 0.2) is 12.4 Å².